The van der Waals surface area contributed by atoms with Gasteiger partial charge in [0, 0.05) is 18.6 Å². The average molecular weight is 296 g/mol. The number of hydrogen-bond acceptors (Lipinski definition) is 4. The number of aromatic nitrogens is 3. The molecule has 17 heavy (non-hydrogen) atoms. The van der Waals surface area contributed by atoms with E-state index in [9.17, 15) is 4.79 Å². The van der Waals surface area contributed by atoms with Crippen LogP contribution in [0.1, 0.15) is 17.3 Å². The smallest absolute Gasteiger partial charge is 0.341 e. The van der Waals surface area contributed by atoms with Gasteiger partial charge in [-0.3, -0.25) is 4.98 Å². The monoisotopic (exact) mass is 295 g/mol. The van der Waals surface area contributed by atoms with Crippen molar-refractivity contribution >= 4 is 21.9 Å². The van der Waals surface area contributed by atoms with Crippen LogP contribution >= 0.6 is 15.9 Å². The Morgan fingerprint density at radius 3 is 3.06 bits per heavy atom. The minimum atomic E-state index is -0.371. The summed E-state index contributed by atoms with van der Waals surface area (Å²) in [5, 5.41) is 4.11. The number of carbonyl (C=O) groups excluding carboxylic acids is 1. The number of nitrogens with zero attached hydrogens (tertiary/aromatic N) is 3. The molecule has 0 saturated heterocycles. The van der Waals surface area contributed by atoms with E-state index in [2.05, 4.69) is 26.0 Å². The van der Waals surface area contributed by atoms with E-state index < -0.39 is 0 Å². The first-order valence-electron chi connectivity index (χ1n) is 5.04. The maximum absolute atomic E-state index is 11.5. The summed E-state index contributed by atoms with van der Waals surface area (Å²) in [5.74, 6) is -0.371. The molecule has 2 rings (SSSR count). The van der Waals surface area contributed by atoms with E-state index >= 15 is 0 Å². The van der Waals surface area contributed by atoms with Gasteiger partial charge >= 0.3 is 5.97 Å². The van der Waals surface area contributed by atoms with E-state index in [0.717, 1.165) is 10.2 Å². The third-order valence-electron chi connectivity index (χ3n) is 2.09. The quantitative estimate of drug-likeness (QED) is 0.815. The van der Waals surface area contributed by atoms with Gasteiger partial charge < -0.3 is 4.74 Å². The summed E-state index contributed by atoms with van der Waals surface area (Å²) in [6.07, 6.45) is 6.43. The molecule has 0 radical (unpaired) electrons. The standard InChI is InChI=1S/C11H10BrN3O2/c1-2-17-11(16)8-5-14-15(7-8)10-3-4-13-6-9(10)12/h3-7H,2H2,1H3. The molecule has 2 aromatic rings. The maximum atomic E-state index is 11.5. The zero-order chi connectivity index (χ0) is 12.3. The van der Waals surface area contributed by atoms with Crippen molar-refractivity contribution in [3.8, 4) is 5.69 Å². The Labute approximate surface area is 107 Å². The molecular weight excluding hydrogens is 286 g/mol. The van der Waals surface area contributed by atoms with Crippen LogP contribution in [0.3, 0.4) is 0 Å². The first-order valence-corrected chi connectivity index (χ1v) is 5.83. The predicted octanol–water partition coefficient (Wildman–Crippen LogP) is 2.21. The fourth-order valence-electron chi connectivity index (χ4n) is 1.33. The molecular formula is C11H10BrN3O2. The Morgan fingerprint density at radius 2 is 2.35 bits per heavy atom. The molecule has 0 atom stereocenters. The van der Waals surface area contributed by atoms with Gasteiger partial charge in [0.15, 0.2) is 0 Å². The van der Waals surface area contributed by atoms with Crippen LogP contribution in [-0.2, 0) is 4.74 Å². The Bertz CT molecular complexity index is 539. The lowest BCUT2D eigenvalue weighted by Gasteiger charge is -2.02. The molecule has 0 bridgehead atoms. The molecule has 5 nitrogen and oxygen atoms in total. The van der Waals surface area contributed by atoms with Gasteiger partial charge in [-0.25, -0.2) is 9.48 Å². The largest absolute Gasteiger partial charge is 0.462 e. The number of carbonyl (C=O) groups is 1. The van der Waals surface area contributed by atoms with Crippen LogP contribution in [0.25, 0.3) is 5.69 Å². The third kappa shape index (κ3) is 2.52. The van der Waals surface area contributed by atoms with Crippen molar-refractivity contribution in [2.45, 2.75) is 6.92 Å². The number of esters is 1. The molecule has 0 fully saturated rings. The van der Waals surface area contributed by atoms with E-state index in [1.807, 2.05) is 0 Å². The van der Waals surface area contributed by atoms with Crippen molar-refractivity contribution < 1.29 is 9.53 Å². The summed E-state index contributed by atoms with van der Waals surface area (Å²) < 4.78 is 7.29. The highest BCUT2D eigenvalue weighted by Crippen LogP contribution is 2.18. The lowest BCUT2D eigenvalue weighted by molar-refractivity contribution is 0.0526. The highest BCUT2D eigenvalue weighted by molar-refractivity contribution is 9.10. The van der Waals surface area contributed by atoms with Crippen molar-refractivity contribution in [1.82, 2.24) is 14.8 Å². The lowest BCUT2D eigenvalue weighted by atomic mass is 10.3. The highest BCUT2D eigenvalue weighted by Gasteiger charge is 2.11. The average Bonchev–Trinajstić information content (AvgIpc) is 2.79. The summed E-state index contributed by atoms with van der Waals surface area (Å²) in [6, 6.07) is 1.80. The molecule has 0 aliphatic heterocycles. The summed E-state index contributed by atoms with van der Waals surface area (Å²) in [7, 11) is 0. The predicted molar refractivity (Wildman–Crippen MR) is 65.0 cm³/mol. The van der Waals surface area contributed by atoms with Crippen molar-refractivity contribution in [1.29, 1.82) is 0 Å². The normalized spacial score (nSPS) is 10.2. The second-order valence-corrected chi connectivity index (χ2v) is 4.08. The topological polar surface area (TPSA) is 57.0 Å². The Morgan fingerprint density at radius 1 is 1.53 bits per heavy atom. The molecule has 0 amide bonds. The summed E-state index contributed by atoms with van der Waals surface area (Å²) in [6.45, 7) is 2.12. The number of hydrogen-bond donors (Lipinski definition) is 0. The molecule has 0 unspecified atom stereocenters. The third-order valence-corrected chi connectivity index (χ3v) is 2.70. The van der Waals surface area contributed by atoms with Crippen LogP contribution in [0.2, 0.25) is 0 Å². The van der Waals surface area contributed by atoms with Gasteiger partial charge in [-0.2, -0.15) is 5.10 Å². The molecule has 0 saturated carbocycles. The van der Waals surface area contributed by atoms with Crippen molar-refractivity contribution in [2.24, 2.45) is 0 Å². The van der Waals surface area contributed by atoms with Crippen molar-refractivity contribution in [2.75, 3.05) is 6.61 Å². The fourth-order valence-corrected chi connectivity index (χ4v) is 1.76. The van der Waals surface area contributed by atoms with Gasteiger partial charge in [0.25, 0.3) is 0 Å². The SMILES string of the molecule is CCOC(=O)c1cnn(-c2ccncc2Br)c1. The zero-order valence-corrected chi connectivity index (χ0v) is 10.7. The van der Waals surface area contributed by atoms with E-state index in [0.29, 0.717) is 12.2 Å². The summed E-state index contributed by atoms with van der Waals surface area (Å²) in [4.78, 5) is 15.4. The Hall–Kier alpha value is -1.69. The molecule has 0 N–H and O–H groups in total. The number of rotatable bonds is 3. The molecule has 88 valence electrons. The number of pyridine rings is 1. The molecule has 2 aromatic heterocycles. The van der Waals surface area contributed by atoms with Crippen molar-refractivity contribution in [3.63, 3.8) is 0 Å². The van der Waals surface area contributed by atoms with Gasteiger partial charge in [-0.05, 0) is 28.9 Å². The second-order valence-electron chi connectivity index (χ2n) is 3.22. The maximum Gasteiger partial charge on any atom is 0.341 e. The molecule has 0 aliphatic rings. The van der Waals surface area contributed by atoms with Crippen LogP contribution < -0.4 is 0 Å². The van der Waals surface area contributed by atoms with Gasteiger partial charge in [0.05, 0.1) is 28.5 Å². The zero-order valence-electron chi connectivity index (χ0n) is 9.13. The van der Waals surface area contributed by atoms with Crippen LogP contribution in [-0.4, -0.2) is 27.3 Å². The van der Waals surface area contributed by atoms with Gasteiger partial charge in [0.1, 0.15) is 0 Å². The first kappa shape index (κ1) is 11.8. The van der Waals surface area contributed by atoms with E-state index in [4.69, 9.17) is 4.74 Å². The Kier molecular flexibility index (Phi) is 3.53. The molecule has 0 aromatic carbocycles. The van der Waals surface area contributed by atoms with Crippen LogP contribution in [0.15, 0.2) is 35.3 Å². The van der Waals surface area contributed by atoms with Crippen molar-refractivity contribution in [3.05, 3.63) is 40.9 Å². The van der Waals surface area contributed by atoms with Gasteiger partial charge in [-0.15, -0.1) is 0 Å². The second kappa shape index (κ2) is 5.09. The minimum Gasteiger partial charge on any atom is -0.462 e. The van der Waals surface area contributed by atoms with Gasteiger partial charge in [-0.1, -0.05) is 0 Å². The summed E-state index contributed by atoms with van der Waals surface area (Å²) >= 11 is 3.37. The van der Waals surface area contributed by atoms with E-state index in [1.165, 1.54) is 6.20 Å². The fraction of sp³-hybridized carbons (Fsp3) is 0.182. The van der Waals surface area contributed by atoms with Crippen LogP contribution in [0.5, 0.6) is 0 Å². The van der Waals surface area contributed by atoms with Crippen LogP contribution in [0, 0.1) is 0 Å². The minimum absolute atomic E-state index is 0.350. The Balaban J connectivity index is 2.30. The molecule has 0 aliphatic carbocycles. The van der Waals surface area contributed by atoms with Gasteiger partial charge in [0.2, 0.25) is 0 Å². The lowest BCUT2D eigenvalue weighted by Crippen LogP contribution is -2.03. The van der Waals surface area contributed by atoms with E-state index in [1.54, 1.807) is 36.3 Å². The molecule has 2 heterocycles. The van der Waals surface area contributed by atoms with E-state index in [-0.39, 0.29) is 5.97 Å². The number of ether oxygens (including phenoxy) is 1. The number of halogens is 1. The first-order chi connectivity index (χ1) is 8.22. The highest BCUT2D eigenvalue weighted by atomic mass is 79.9. The molecule has 0 spiro atoms. The summed E-state index contributed by atoms with van der Waals surface area (Å²) in [5.41, 5.74) is 1.24. The van der Waals surface area contributed by atoms with Crippen LogP contribution in [0.4, 0.5) is 0 Å². The molecule has 6 heteroatoms.